The molecule has 0 spiro atoms. The number of aromatic amines is 1. The minimum Gasteiger partial charge on any atom is -0.496 e. The number of hydrazine groups is 1. The SMILES string of the molecule is COc1cccc2[nH]c(C(=O)NN)c(OC)c12. The van der Waals surface area contributed by atoms with Crippen molar-refractivity contribution in [3.05, 3.63) is 23.9 Å². The van der Waals surface area contributed by atoms with Crippen LogP contribution in [0.2, 0.25) is 0 Å². The second-order valence-corrected chi connectivity index (χ2v) is 3.39. The molecule has 4 N–H and O–H groups in total. The molecule has 0 aliphatic rings. The van der Waals surface area contributed by atoms with E-state index in [9.17, 15) is 4.79 Å². The standard InChI is InChI=1S/C11H13N3O3/c1-16-7-5-3-4-6-8(7)10(17-2)9(13-6)11(15)14-12/h3-5,13H,12H2,1-2H3,(H,14,15). The molecule has 1 heterocycles. The van der Waals surface area contributed by atoms with Crippen LogP contribution in [-0.4, -0.2) is 25.1 Å². The molecule has 6 heteroatoms. The molecule has 0 aliphatic carbocycles. The minimum atomic E-state index is -0.444. The van der Waals surface area contributed by atoms with E-state index in [4.69, 9.17) is 15.3 Å². The van der Waals surface area contributed by atoms with Crippen LogP contribution in [-0.2, 0) is 0 Å². The number of hydrogen-bond acceptors (Lipinski definition) is 4. The van der Waals surface area contributed by atoms with E-state index in [1.54, 1.807) is 13.2 Å². The lowest BCUT2D eigenvalue weighted by molar-refractivity contribution is 0.0946. The molecule has 0 radical (unpaired) electrons. The van der Waals surface area contributed by atoms with Gasteiger partial charge in [0.2, 0.25) is 0 Å². The summed E-state index contributed by atoms with van der Waals surface area (Å²) in [6.07, 6.45) is 0. The maximum absolute atomic E-state index is 11.6. The molecule has 0 atom stereocenters. The Morgan fingerprint density at radius 2 is 2.12 bits per heavy atom. The summed E-state index contributed by atoms with van der Waals surface area (Å²) < 4.78 is 10.5. The quantitative estimate of drug-likeness (QED) is 0.417. The van der Waals surface area contributed by atoms with Crippen molar-refractivity contribution in [2.75, 3.05) is 14.2 Å². The van der Waals surface area contributed by atoms with E-state index in [1.165, 1.54) is 7.11 Å². The van der Waals surface area contributed by atoms with Crippen LogP contribution in [0, 0.1) is 0 Å². The lowest BCUT2D eigenvalue weighted by Crippen LogP contribution is -2.30. The molecule has 0 bridgehead atoms. The Balaban J connectivity index is 2.76. The third kappa shape index (κ3) is 1.68. The zero-order valence-electron chi connectivity index (χ0n) is 9.53. The van der Waals surface area contributed by atoms with Crippen LogP contribution in [0.15, 0.2) is 18.2 Å². The van der Waals surface area contributed by atoms with Gasteiger partial charge in [-0.2, -0.15) is 0 Å². The fourth-order valence-corrected chi connectivity index (χ4v) is 1.79. The van der Waals surface area contributed by atoms with Crippen LogP contribution in [0.5, 0.6) is 11.5 Å². The number of nitrogens with one attached hydrogen (secondary N) is 2. The fraction of sp³-hybridized carbons (Fsp3) is 0.182. The summed E-state index contributed by atoms with van der Waals surface area (Å²) in [6.45, 7) is 0. The van der Waals surface area contributed by atoms with Gasteiger partial charge < -0.3 is 14.5 Å². The number of benzene rings is 1. The molecule has 1 amide bonds. The van der Waals surface area contributed by atoms with Crippen molar-refractivity contribution >= 4 is 16.8 Å². The predicted molar refractivity (Wildman–Crippen MR) is 63.1 cm³/mol. The first kappa shape index (κ1) is 11.3. The monoisotopic (exact) mass is 235 g/mol. The molecule has 0 saturated heterocycles. The normalized spacial score (nSPS) is 10.3. The highest BCUT2D eigenvalue weighted by molar-refractivity contribution is 6.05. The summed E-state index contributed by atoms with van der Waals surface area (Å²) in [4.78, 5) is 14.5. The van der Waals surface area contributed by atoms with E-state index < -0.39 is 5.91 Å². The Hall–Kier alpha value is -2.21. The average Bonchev–Trinajstić information content (AvgIpc) is 2.75. The van der Waals surface area contributed by atoms with Crippen LogP contribution in [0.25, 0.3) is 10.9 Å². The Kier molecular flexibility index (Phi) is 2.88. The molecule has 17 heavy (non-hydrogen) atoms. The number of nitrogens with two attached hydrogens (primary N) is 1. The van der Waals surface area contributed by atoms with E-state index in [1.807, 2.05) is 12.1 Å². The molecule has 1 aromatic carbocycles. The number of H-pyrrole nitrogens is 1. The number of ether oxygens (including phenoxy) is 2. The van der Waals surface area contributed by atoms with Crippen molar-refractivity contribution in [3.63, 3.8) is 0 Å². The molecular weight excluding hydrogens is 222 g/mol. The topological polar surface area (TPSA) is 89.4 Å². The second-order valence-electron chi connectivity index (χ2n) is 3.39. The first-order valence-corrected chi connectivity index (χ1v) is 4.96. The van der Waals surface area contributed by atoms with Crippen LogP contribution in [0.1, 0.15) is 10.5 Å². The van der Waals surface area contributed by atoms with Gasteiger partial charge in [-0.15, -0.1) is 0 Å². The largest absolute Gasteiger partial charge is 0.496 e. The van der Waals surface area contributed by atoms with Crippen molar-refractivity contribution in [1.82, 2.24) is 10.4 Å². The van der Waals surface area contributed by atoms with E-state index in [2.05, 4.69) is 10.4 Å². The number of fused-ring (bicyclic) bond motifs is 1. The zero-order valence-corrected chi connectivity index (χ0v) is 9.53. The molecule has 0 unspecified atom stereocenters. The van der Waals surface area contributed by atoms with Gasteiger partial charge >= 0.3 is 0 Å². The average molecular weight is 235 g/mol. The van der Waals surface area contributed by atoms with Crippen LogP contribution in [0.3, 0.4) is 0 Å². The summed E-state index contributed by atoms with van der Waals surface area (Å²) in [5.41, 5.74) is 3.09. The van der Waals surface area contributed by atoms with Gasteiger partial charge in [0.1, 0.15) is 11.4 Å². The fourth-order valence-electron chi connectivity index (χ4n) is 1.79. The number of hydrogen-bond donors (Lipinski definition) is 3. The minimum absolute atomic E-state index is 0.273. The van der Waals surface area contributed by atoms with E-state index >= 15 is 0 Å². The molecule has 6 nitrogen and oxygen atoms in total. The molecule has 2 rings (SSSR count). The Bertz CT molecular complexity index is 562. The summed E-state index contributed by atoms with van der Waals surface area (Å²) in [5, 5.41) is 0.719. The second kappa shape index (κ2) is 4.34. The van der Waals surface area contributed by atoms with Crippen molar-refractivity contribution in [3.8, 4) is 11.5 Å². The van der Waals surface area contributed by atoms with Crippen molar-refractivity contribution in [1.29, 1.82) is 0 Å². The van der Waals surface area contributed by atoms with Crippen molar-refractivity contribution in [2.24, 2.45) is 5.84 Å². The first-order chi connectivity index (χ1) is 8.22. The number of aromatic nitrogens is 1. The molecule has 0 aliphatic heterocycles. The molecule has 90 valence electrons. The Morgan fingerprint density at radius 1 is 1.35 bits per heavy atom. The summed E-state index contributed by atoms with van der Waals surface area (Å²) in [6, 6.07) is 5.44. The van der Waals surface area contributed by atoms with E-state index in [0.717, 1.165) is 10.9 Å². The van der Waals surface area contributed by atoms with Gasteiger partial charge in [-0.3, -0.25) is 10.2 Å². The van der Waals surface area contributed by atoms with Crippen molar-refractivity contribution < 1.29 is 14.3 Å². The number of amides is 1. The number of carbonyl (C=O) groups excluding carboxylic acids is 1. The number of rotatable bonds is 3. The van der Waals surface area contributed by atoms with Crippen LogP contribution >= 0.6 is 0 Å². The highest BCUT2D eigenvalue weighted by Crippen LogP contribution is 2.36. The summed E-state index contributed by atoms with van der Waals surface area (Å²) in [7, 11) is 3.05. The predicted octanol–water partition coefficient (Wildman–Crippen LogP) is 0.789. The Morgan fingerprint density at radius 3 is 2.71 bits per heavy atom. The lowest BCUT2D eigenvalue weighted by atomic mass is 10.2. The molecule has 0 saturated carbocycles. The lowest BCUT2D eigenvalue weighted by Gasteiger charge is -2.04. The van der Waals surface area contributed by atoms with Crippen LogP contribution in [0.4, 0.5) is 0 Å². The maximum Gasteiger partial charge on any atom is 0.285 e. The molecular formula is C11H13N3O3. The first-order valence-electron chi connectivity index (χ1n) is 4.96. The maximum atomic E-state index is 11.6. The zero-order chi connectivity index (χ0) is 12.4. The highest BCUT2D eigenvalue weighted by Gasteiger charge is 2.20. The van der Waals surface area contributed by atoms with E-state index in [-0.39, 0.29) is 5.69 Å². The van der Waals surface area contributed by atoms with Gasteiger partial charge in [0, 0.05) is 0 Å². The Labute approximate surface area is 97.7 Å². The number of nitrogen functional groups attached to an aromatic ring is 1. The highest BCUT2D eigenvalue weighted by atomic mass is 16.5. The van der Waals surface area contributed by atoms with Gasteiger partial charge in [-0.1, -0.05) is 6.07 Å². The molecule has 0 fully saturated rings. The van der Waals surface area contributed by atoms with Crippen LogP contribution < -0.4 is 20.7 Å². The van der Waals surface area contributed by atoms with Gasteiger partial charge in [-0.05, 0) is 12.1 Å². The third-order valence-corrected chi connectivity index (χ3v) is 2.52. The number of methoxy groups -OCH3 is 2. The third-order valence-electron chi connectivity index (χ3n) is 2.52. The van der Waals surface area contributed by atoms with Gasteiger partial charge in [0.25, 0.3) is 5.91 Å². The molecule has 2 aromatic rings. The summed E-state index contributed by atoms with van der Waals surface area (Å²) in [5.74, 6) is 5.72. The van der Waals surface area contributed by atoms with Gasteiger partial charge in [0.05, 0.1) is 25.1 Å². The van der Waals surface area contributed by atoms with Gasteiger partial charge in [0.15, 0.2) is 5.75 Å². The molecule has 1 aromatic heterocycles. The van der Waals surface area contributed by atoms with E-state index in [0.29, 0.717) is 11.5 Å². The smallest absolute Gasteiger partial charge is 0.285 e. The van der Waals surface area contributed by atoms with Gasteiger partial charge in [-0.25, -0.2) is 5.84 Å². The summed E-state index contributed by atoms with van der Waals surface area (Å²) >= 11 is 0. The number of carbonyl (C=O) groups is 1. The van der Waals surface area contributed by atoms with Crippen molar-refractivity contribution in [2.45, 2.75) is 0 Å².